The third-order valence-electron chi connectivity index (χ3n) is 6.12. The topological polar surface area (TPSA) is 49.4 Å². The normalized spacial score (nSPS) is 20.1. The largest absolute Gasteiger partial charge is 0.317 e. The number of nitrogens with one attached hydrogen (secondary N) is 1. The second-order valence-corrected chi connectivity index (χ2v) is 9.78. The Balaban J connectivity index is 1.73. The van der Waals surface area contributed by atoms with Crippen LogP contribution in [-0.2, 0) is 16.4 Å². The molecule has 5 heteroatoms. The van der Waals surface area contributed by atoms with Gasteiger partial charge in [0, 0.05) is 12.6 Å². The zero-order valence-electron chi connectivity index (χ0n) is 16.1. The van der Waals surface area contributed by atoms with E-state index in [1.54, 1.807) is 12.1 Å². The first-order valence-corrected chi connectivity index (χ1v) is 11.9. The van der Waals surface area contributed by atoms with E-state index < -0.39 is 10.0 Å². The Labute approximate surface area is 159 Å². The average Bonchev–Trinajstić information content (AvgIpc) is 3.19. The van der Waals surface area contributed by atoms with Crippen LogP contribution in [0.2, 0.25) is 0 Å². The van der Waals surface area contributed by atoms with Gasteiger partial charge in [0.05, 0.1) is 4.90 Å². The van der Waals surface area contributed by atoms with E-state index in [4.69, 9.17) is 0 Å². The van der Waals surface area contributed by atoms with Gasteiger partial charge in [-0.15, -0.1) is 0 Å². The summed E-state index contributed by atoms with van der Waals surface area (Å²) in [4.78, 5) is 0.453. The van der Waals surface area contributed by atoms with Gasteiger partial charge in [0.2, 0.25) is 10.0 Å². The van der Waals surface area contributed by atoms with Crippen molar-refractivity contribution in [1.29, 1.82) is 0 Å². The van der Waals surface area contributed by atoms with Crippen LogP contribution in [0.3, 0.4) is 0 Å². The van der Waals surface area contributed by atoms with Gasteiger partial charge in [0.1, 0.15) is 0 Å². The molecule has 0 unspecified atom stereocenters. The summed E-state index contributed by atoms with van der Waals surface area (Å²) in [5, 5.41) is 3.36. The van der Waals surface area contributed by atoms with Crippen LogP contribution in [0.4, 0.5) is 0 Å². The van der Waals surface area contributed by atoms with Crippen molar-refractivity contribution in [1.82, 2.24) is 9.62 Å². The summed E-state index contributed by atoms with van der Waals surface area (Å²) in [5.74, 6) is 0.816. The minimum Gasteiger partial charge on any atom is -0.317 e. The van der Waals surface area contributed by atoms with Crippen LogP contribution in [0.1, 0.15) is 63.9 Å². The van der Waals surface area contributed by atoms with Gasteiger partial charge < -0.3 is 5.32 Å². The van der Waals surface area contributed by atoms with Crippen LogP contribution in [0.5, 0.6) is 0 Å². The molecule has 3 rings (SSSR count). The Morgan fingerprint density at radius 2 is 1.69 bits per heavy atom. The molecule has 2 fully saturated rings. The molecular formula is C21H34N2O2S. The Morgan fingerprint density at radius 3 is 2.31 bits per heavy atom. The molecule has 0 spiro atoms. The van der Waals surface area contributed by atoms with Crippen molar-refractivity contribution in [2.24, 2.45) is 5.92 Å². The Morgan fingerprint density at radius 1 is 1.04 bits per heavy atom. The monoisotopic (exact) mass is 378 g/mol. The molecule has 0 atom stereocenters. The Hall–Kier alpha value is -0.910. The van der Waals surface area contributed by atoms with E-state index in [2.05, 4.69) is 12.2 Å². The minimum atomic E-state index is -3.42. The molecule has 0 aromatic heterocycles. The van der Waals surface area contributed by atoms with Crippen LogP contribution >= 0.6 is 0 Å². The molecule has 0 amide bonds. The van der Waals surface area contributed by atoms with E-state index >= 15 is 0 Å². The zero-order valence-corrected chi connectivity index (χ0v) is 16.9. The highest BCUT2D eigenvalue weighted by atomic mass is 32.2. The summed E-state index contributed by atoms with van der Waals surface area (Å²) in [6.45, 7) is 4.58. The maximum Gasteiger partial charge on any atom is 0.243 e. The number of hydrogen-bond acceptors (Lipinski definition) is 3. The highest BCUT2D eigenvalue weighted by Gasteiger charge is 2.32. The maximum absolute atomic E-state index is 13.4. The molecule has 146 valence electrons. The van der Waals surface area contributed by atoms with E-state index in [0.717, 1.165) is 44.7 Å². The van der Waals surface area contributed by atoms with Gasteiger partial charge in [-0.3, -0.25) is 0 Å². The quantitative estimate of drug-likeness (QED) is 0.745. The summed E-state index contributed by atoms with van der Waals surface area (Å²) in [6, 6.07) is 7.62. The SMILES string of the molecule is CCc1ccc(S(=O)(=O)N(CCCC2CCCC2)C2CCNCC2)cc1. The number of aryl methyl sites for hydroxylation is 1. The first-order chi connectivity index (χ1) is 12.6. The van der Waals surface area contributed by atoms with Crippen molar-refractivity contribution in [2.45, 2.75) is 75.6 Å². The molecule has 4 nitrogen and oxygen atoms in total. The van der Waals surface area contributed by atoms with Gasteiger partial charge in [-0.1, -0.05) is 44.7 Å². The van der Waals surface area contributed by atoms with Crippen molar-refractivity contribution < 1.29 is 8.42 Å². The minimum absolute atomic E-state index is 0.135. The molecule has 1 aromatic carbocycles. The van der Waals surface area contributed by atoms with E-state index in [9.17, 15) is 8.42 Å². The molecule has 0 bridgehead atoms. The van der Waals surface area contributed by atoms with Crippen molar-refractivity contribution in [3.8, 4) is 0 Å². The molecule has 1 saturated carbocycles. The summed E-state index contributed by atoms with van der Waals surface area (Å²) < 4.78 is 28.6. The van der Waals surface area contributed by atoms with Gasteiger partial charge in [0.15, 0.2) is 0 Å². The Bertz CT molecular complexity index is 645. The maximum atomic E-state index is 13.4. The third kappa shape index (κ3) is 4.87. The number of rotatable bonds is 8. The van der Waals surface area contributed by atoms with Gasteiger partial charge in [-0.2, -0.15) is 4.31 Å². The lowest BCUT2D eigenvalue weighted by Gasteiger charge is -2.34. The first kappa shape index (κ1) is 19.8. The number of sulfonamides is 1. The second kappa shape index (κ2) is 9.34. The smallest absolute Gasteiger partial charge is 0.243 e. The van der Waals surface area contributed by atoms with Crippen LogP contribution < -0.4 is 5.32 Å². The van der Waals surface area contributed by atoms with Crippen molar-refractivity contribution in [3.05, 3.63) is 29.8 Å². The predicted molar refractivity (Wildman–Crippen MR) is 107 cm³/mol. The van der Waals surface area contributed by atoms with Gasteiger partial charge >= 0.3 is 0 Å². The van der Waals surface area contributed by atoms with E-state index in [-0.39, 0.29) is 6.04 Å². The number of hydrogen-bond donors (Lipinski definition) is 1. The third-order valence-corrected chi connectivity index (χ3v) is 8.09. The molecule has 1 heterocycles. The van der Waals surface area contributed by atoms with Crippen LogP contribution in [-0.4, -0.2) is 38.4 Å². The summed E-state index contributed by atoms with van der Waals surface area (Å²) in [5.41, 5.74) is 1.18. The summed E-state index contributed by atoms with van der Waals surface area (Å²) in [6.07, 6.45) is 10.3. The lowest BCUT2D eigenvalue weighted by molar-refractivity contribution is 0.254. The van der Waals surface area contributed by atoms with Crippen molar-refractivity contribution >= 4 is 10.0 Å². The van der Waals surface area contributed by atoms with Crippen molar-refractivity contribution in [3.63, 3.8) is 0 Å². The zero-order chi connectivity index (χ0) is 18.4. The van der Waals surface area contributed by atoms with E-state index in [1.165, 1.54) is 37.7 Å². The highest BCUT2D eigenvalue weighted by molar-refractivity contribution is 7.89. The number of piperidine rings is 1. The van der Waals surface area contributed by atoms with Crippen LogP contribution in [0.15, 0.2) is 29.2 Å². The lowest BCUT2D eigenvalue weighted by Crippen LogP contribution is -2.46. The molecule has 1 N–H and O–H groups in total. The van der Waals surface area contributed by atoms with E-state index in [0.29, 0.717) is 11.4 Å². The molecule has 1 aliphatic carbocycles. The average molecular weight is 379 g/mol. The van der Waals surface area contributed by atoms with Crippen molar-refractivity contribution in [2.75, 3.05) is 19.6 Å². The fourth-order valence-electron chi connectivity index (χ4n) is 4.46. The first-order valence-electron chi connectivity index (χ1n) is 10.4. The molecule has 1 saturated heterocycles. The Kier molecular flexibility index (Phi) is 7.12. The van der Waals surface area contributed by atoms with Crippen LogP contribution in [0, 0.1) is 5.92 Å². The molecule has 2 aliphatic rings. The highest BCUT2D eigenvalue weighted by Crippen LogP contribution is 2.30. The fourth-order valence-corrected chi connectivity index (χ4v) is 6.18. The fraction of sp³-hybridized carbons (Fsp3) is 0.714. The van der Waals surface area contributed by atoms with E-state index in [1.807, 2.05) is 16.4 Å². The predicted octanol–water partition coefficient (Wildman–Crippen LogP) is 3.96. The molecule has 0 radical (unpaired) electrons. The molecular weight excluding hydrogens is 344 g/mol. The lowest BCUT2D eigenvalue weighted by atomic mass is 10.0. The summed E-state index contributed by atoms with van der Waals surface area (Å²) >= 11 is 0. The molecule has 1 aromatic rings. The van der Waals surface area contributed by atoms with Gasteiger partial charge in [-0.05, 0) is 68.8 Å². The second-order valence-electron chi connectivity index (χ2n) is 7.89. The summed E-state index contributed by atoms with van der Waals surface area (Å²) in [7, 11) is -3.42. The number of nitrogens with zero attached hydrogens (tertiary/aromatic N) is 1. The molecule has 1 aliphatic heterocycles. The van der Waals surface area contributed by atoms with Gasteiger partial charge in [-0.25, -0.2) is 8.42 Å². The van der Waals surface area contributed by atoms with Gasteiger partial charge in [0.25, 0.3) is 0 Å². The molecule has 26 heavy (non-hydrogen) atoms. The van der Waals surface area contributed by atoms with Crippen LogP contribution in [0.25, 0.3) is 0 Å². The number of benzene rings is 1. The standard InChI is InChI=1S/C21H34N2O2S/c1-2-18-9-11-21(12-10-18)26(24,25)23(20-13-15-22-16-14-20)17-5-8-19-6-3-4-7-19/h9-12,19-20,22H,2-8,13-17H2,1H3.